The molecule has 2 aromatic rings. The van der Waals surface area contributed by atoms with Crippen LogP contribution in [-0.2, 0) is 7.05 Å². The summed E-state index contributed by atoms with van der Waals surface area (Å²) in [7, 11) is 3.73. The van der Waals surface area contributed by atoms with Crippen molar-refractivity contribution in [3.8, 4) is 17.0 Å². The zero-order valence-electron chi connectivity index (χ0n) is 11.3. The molecule has 0 aliphatic rings. The molecule has 3 nitrogen and oxygen atoms in total. The number of nitrogens with zero attached hydrogens (tertiary/aromatic N) is 2. The minimum absolute atomic E-state index is 0.884. The molecular formula is C14H17BrN2O. The normalized spacial score (nSPS) is 10.8. The molecule has 0 amide bonds. The van der Waals surface area contributed by atoms with Gasteiger partial charge in [-0.25, -0.2) is 4.98 Å². The lowest BCUT2D eigenvalue weighted by Crippen LogP contribution is -1.97. The van der Waals surface area contributed by atoms with E-state index in [1.54, 1.807) is 7.11 Å². The maximum Gasteiger partial charge on any atom is 0.132 e. The highest BCUT2D eigenvalue weighted by Gasteiger charge is 2.15. The quantitative estimate of drug-likeness (QED) is 0.844. The van der Waals surface area contributed by atoms with Crippen molar-refractivity contribution in [1.82, 2.24) is 9.55 Å². The number of aryl methyl sites for hydroxylation is 3. The van der Waals surface area contributed by atoms with E-state index in [-0.39, 0.29) is 0 Å². The predicted molar refractivity (Wildman–Crippen MR) is 77.1 cm³/mol. The monoisotopic (exact) mass is 308 g/mol. The predicted octanol–water partition coefficient (Wildman–Crippen LogP) is 3.78. The lowest BCUT2D eigenvalue weighted by atomic mass is 10.0. The molecule has 0 fully saturated rings. The Morgan fingerprint density at radius 1 is 1.17 bits per heavy atom. The van der Waals surface area contributed by atoms with E-state index < -0.39 is 0 Å². The summed E-state index contributed by atoms with van der Waals surface area (Å²) in [5, 5.41) is 0. The third kappa shape index (κ3) is 2.05. The van der Waals surface area contributed by atoms with Crippen LogP contribution in [0.15, 0.2) is 16.7 Å². The van der Waals surface area contributed by atoms with Crippen molar-refractivity contribution in [3.05, 3.63) is 33.7 Å². The minimum Gasteiger partial charge on any atom is -0.496 e. The Bertz CT molecular complexity index is 602. The standard InChI is InChI=1S/C14H17BrN2O/c1-8-7-12(18-5)9(2)6-11(8)13-14(15)16-10(3)17(13)4/h6-7H,1-5H3. The fourth-order valence-electron chi connectivity index (χ4n) is 2.13. The van der Waals surface area contributed by atoms with Gasteiger partial charge in [-0.1, -0.05) is 0 Å². The number of aromatic nitrogens is 2. The van der Waals surface area contributed by atoms with Crippen molar-refractivity contribution >= 4 is 15.9 Å². The molecule has 1 aromatic heterocycles. The second kappa shape index (κ2) is 4.76. The number of halogens is 1. The topological polar surface area (TPSA) is 27.1 Å². The Kier molecular flexibility index (Phi) is 3.48. The molecule has 0 unspecified atom stereocenters. The molecule has 0 spiro atoms. The average Bonchev–Trinajstić information content (AvgIpc) is 2.56. The van der Waals surface area contributed by atoms with Gasteiger partial charge < -0.3 is 9.30 Å². The lowest BCUT2D eigenvalue weighted by Gasteiger charge is -2.12. The van der Waals surface area contributed by atoms with Crippen LogP contribution in [0.25, 0.3) is 11.3 Å². The second-order valence-corrected chi connectivity index (χ2v) is 5.25. The molecular weight excluding hydrogens is 292 g/mol. The van der Waals surface area contributed by atoms with Crippen LogP contribution in [0, 0.1) is 20.8 Å². The molecule has 0 aliphatic heterocycles. The summed E-state index contributed by atoms with van der Waals surface area (Å²) in [5.41, 5.74) is 4.60. The van der Waals surface area contributed by atoms with Gasteiger partial charge in [0.2, 0.25) is 0 Å². The lowest BCUT2D eigenvalue weighted by molar-refractivity contribution is 0.411. The van der Waals surface area contributed by atoms with Gasteiger partial charge in [0.05, 0.1) is 12.8 Å². The highest BCUT2D eigenvalue weighted by molar-refractivity contribution is 9.10. The van der Waals surface area contributed by atoms with E-state index in [0.717, 1.165) is 27.4 Å². The first kappa shape index (κ1) is 13.1. The van der Waals surface area contributed by atoms with Crippen LogP contribution < -0.4 is 4.74 Å². The molecule has 1 aromatic carbocycles. The number of benzene rings is 1. The molecule has 18 heavy (non-hydrogen) atoms. The minimum atomic E-state index is 0.884. The van der Waals surface area contributed by atoms with Crippen molar-refractivity contribution in [2.75, 3.05) is 7.11 Å². The molecule has 96 valence electrons. The number of ether oxygens (including phenoxy) is 1. The van der Waals surface area contributed by atoms with Gasteiger partial charge in [-0.15, -0.1) is 0 Å². The first-order valence-electron chi connectivity index (χ1n) is 5.80. The molecule has 4 heteroatoms. The zero-order valence-corrected chi connectivity index (χ0v) is 12.9. The van der Waals surface area contributed by atoms with E-state index in [0.29, 0.717) is 0 Å². The first-order valence-corrected chi connectivity index (χ1v) is 6.59. The van der Waals surface area contributed by atoms with Gasteiger partial charge in [0.15, 0.2) is 0 Å². The van der Waals surface area contributed by atoms with Crippen LogP contribution in [0.1, 0.15) is 17.0 Å². The van der Waals surface area contributed by atoms with Gasteiger partial charge in [0.25, 0.3) is 0 Å². The van der Waals surface area contributed by atoms with E-state index in [2.05, 4.69) is 51.5 Å². The van der Waals surface area contributed by atoms with Crippen LogP contribution in [0.2, 0.25) is 0 Å². The summed E-state index contributed by atoms with van der Waals surface area (Å²) in [4.78, 5) is 4.45. The molecule has 0 bridgehead atoms. The Hall–Kier alpha value is -1.29. The molecule has 0 aliphatic carbocycles. The largest absolute Gasteiger partial charge is 0.496 e. The second-order valence-electron chi connectivity index (χ2n) is 4.49. The van der Waals surface area contributed by atoms with Crippen molar-refractivity contribution in [2.24, 2.45) is 7.05 Å². The summed E-state index contributed by atoms with van der Waals surface area (Å²) < 4.78 is 8.33. The molecule has 1 heterocycles. The van der Waals surface area contributed by atoms with Gasteiger partial charge in [-0.3, -0.25) is 0 Å². The summed E-state index contributed by atoms with van der Waals surface area (Å²) >= 11 is 3.54. The van der Waals surface area contributed by atoms with Crippen LogP contribution in [-0.4, -0.2) is 16.7 Å². The summed E-state index contributed by atoms with van der Waals surface area (Å²) in [6, 6.07) is 4.22. The van der Waals surface area contributed by atoms with E-state index in [1.807, 2.05) is 14.0 Å². The Morgan fingerprint density at radius 3 is 2.33 bits per heavy atom. The SMILES string of the molecule is COc1cc(C)c(-c2c(Br)nc(C)n2C)cc1C. The molecule has 0 N–H and O–H groups in total. The maximum atomic E-state index is 5.35. The Labute approximate surface area is 116 Å². The summed E-state index contributed by atoms with van der Waals surface area (Å²) in [6.07, 6.45) is 0. The van der Waals surface area contributed by atoms with Crippen molar-refractivity contribution in [2.45, 2.75) is 20.8 Å². The summed E-state index contributed by atoms with van der Waals surface area (Å²) in [6.45, 7) is 6.14. The Morgan fingerprint density at radius 2 is 1.83 bits per heavy atom. The average molecular weight is 309 g/mol. The maximum absolute atomic E-state index is 5.35. The fourth-order valence-corrected chi connectivity index (χ4v) is 2.86. The molecule has 0 saturated heterocycles. The molecule has 2 rings (SSSR count). The van der Waals surface area contributed by atoms with Crippen molar-refractivity contribution in [1.29, 1.82) is 0 Å². The number of methoxy groups -OCH3 is 1. The van der Waals surface area contributed by atoms with Crippen LogP contribution >= 0.6 is 15.9 Å². The van der Waals surface area contributed by atoms with Crippen molar-refractivity contribution < 1.29 is 4.74 Å². The third-order valence-corrected chi connectivity index (χ3v) is 3.83. The molecule has 0 atom stereocenters. The van der Waals surface area contributed by atoms with Crippen LogP contribution in [0.4, 0.5) is 0 Å². The van der Waals surface area contributed by atoms with Gasteiger partial charge in [-0.05, 0) is 60.0 Å². The Balaban J connectivity index is 2.68. The number of imidazole rings is 1. The van der Waals surface area contributed by atoms with Crippen LogP contribution in [0.3, 0.4) is 0 Å². The van der Waals surface area contributed by atoms with Gasteiger partial charge >= 0.3 is 0 Å². The molecule has 0 saturated carbocycles. The van der Waals surface area contributed by atoms with Crippen molar-refractivity contribution in [3.63, 3.8) is 0 Å². The van der Waals surface area contributed by atoms with Gasteiger partial charge in [0.1, 0.15) is 16.2 Å². The third-order valence-electron chi connectivity index (χ3n) is 3.27. The molecule has 0 radical (unpaired) electrons. The zero-order chi connectivity index (χ0) is 13.4. The number of rotatable bonds is 2. The van der Waals surface area contributed by atoms with E-state index in [1.165, 1.54) is 11.1 Å². The van der Waals surface area contributed by atoms with E-state index in [4.69, 9.17) is 4.74 Å². The highest BCUT2D eigenvalue weighted by atomic mass is 79.9. The van der Waals surface area contributed by atoms with Crippen LogP contribution in [0.5, 0.6) is 5.75 Å². The van der Waals surface area contributed by atoms with Gasteiger partial charge in [-0.2, -0.15) is 0 Å². The fraction of sp³-hybridized carbons (Fsp3) is 0.357. The van der Waals surface area contributed by atoms with Gasteiger partial charge in [0, 0.05) is 12.6 Å². The first-order chi connectivity index (χ1) is 8.45. The smallest absolute Gasteiger partial charge is 0.132 e. The highest BCUT2D eigenvalue weighted by Crippen LogP contribution is 2.34. The van der Waals surface area contributed by atoms with E-state index in [9.17, 15) is 0 Å². The number of hydrogen-bond donors (Lipinski definition) is 0. The summed E-state index contributed by atoms with van der Waals surface area (Å²) in [5.74, 6) is 1.91. The number of hydrogen-bond acceptors (Lipinski definition) is 2. The van der Waals surface area contributed by atoms with E-state index >= 15 is 0 Å².